The number of rotatable bonds is 2. The fourth-order valence-corrected chi connectivity index (χ4v) is 2.25. The molecule has 96 valence electrons. The van der Waals surface area contributed by atoms with Gasteiger partial charge in [0.05, 0.1) is 6.54 Å². The molecular weight excluding hydrogens is 287 g/mol. The minimum Gasteiger partial charge on any atom is -0.406 e. The van der Waals surface area contributed by atoms with E-state index in [4.69, 9.17) is 27.6 Å². The van der Waals surface area contributed by atoms with Crippen LogP contribution in [0, 0.1) is 0 Å². The smallest absolute Gasteiger partial charge is 0.406 e. The van der Waals surface area contributed by atoms with E-state index >= 15 is 0 Å². The van der Waals surface area contributed by atoms with Crippen molar-refractivity contribution >= 4 is 34.4 Å². The number of hydrogen-bond donors (Lipinski definition) is 0. The number of benzene rings is 1. The average Bonchev–Trinajstić information content (AvgIpc) is 2.71. The first-order valence-corrected chi connectivity index (χ1v) is 6.29. The zero-order chi connectivity index (χ0) is 13.4. The third-order valence-electron chi connectivity index (χ3n) is 2.76. The second kappa shape index (κ2) is 4.72. The Labute approximate surface area is 118 Å². The van der Waals surface area contributed by atoms with Crippen LogP contribution in [0.4, 0.5) is 0 Å². The Balaban J connectivity index is 2.13. The van der Waals surface area contributed by atoms with Crippen molar-refractivity contribution in [3.63, 3.8) is 0 Å². The van der Waals surface area contributed by atoms with Gasteiger partial charge in [-0.2, -0.15) is 0 Å². The van der Waals surface area contributed by atoms with E-state index < -0.39 is 5.76 Å². The van der Waals surface area contributed by atoms with Gasteiger partial charge in [-0.3, -0.25) is 4.57 Å². The average molecular weight is 295 g/mol. The zero-order valence-corrected chi connectivity index (χ0v) is 11.1. The summed E-state index contributed by atoms with van der Waals surface area (Å²) >= 11 is 12.0. The predicted molar refractivity (Wildman–Crippen MR) is 73.8 cm³/mol. The van der Waals surface area contributed by atoms with Gasteiger partial charge in [0.15, 0.2) is 11.2 Å². The Hall–Kier alpha value is -1.78. The number of halogens is 2. The molecule has 2 aromatic heterocycles. The Bertz CT molecular complexity index is 808. The molecule has 19 heavy (non-hydrogen) atoms. The maximum atomic E-state index is 11.8. The summed E-state index contributed by atoms with van der Waals surface area (Å²) in [5.74, 6) is -0.468. The summed E-state index contributed by atoms with van der Waals surface area (Å²) in [4.78, 5) is 16.0. The largest absolute Gasteiger partial charge is 0.421 e. The molecule has 0 radical (unpaired) electrons. The molecule has 3 rings (SSSR count). The number of oxazole rings is 1. The van der Waals surface area contributed by atoms with Crippen molar-refractivity contribution in [3.8, 4) is 0 Å². The molecule has 0 saturated carbocycles. The van der Waals surface area contributed by atoms with E-state index in [0.717, 1.165) is 5.56 Å². The van der Waals surface area contributed by atoms with Crippen molar-refractivity contribution in [2.75, 3.05) is 0 Å². The normalized spacial score (nSPS) is 11.1. The highest BCUT2D eigenvalue weighted by Crippen LogP contribution is 2.22. The second-order valence-electron chi connectivity index (χ2n) is 4.01. The van der Waals surface area contributed by atoms with Gasteiger partial charge in [0.2, 0.25) is 0 Å². The molecule has 0 N–H and O–H groups in total. The number of fused-ring (bicyclic) bond motifs is 1. The van der Waals surface area contributed by atoms with Crippen molar-refractivity contribution in [3.05, 3.63) is 62.7 Å². The van der Waals surface area contributed by atoms with Gasteiger partial charge >= 0.3 is 5.76 Å². The number of hydrogen-bond acceptors (Lipinski definition) is 3. The standard InChI is InChI=1S/C13H8Cl2N2O2/c14-9-3-4-10(15)8(6-9)7-17-12-11(19-13(17)18)2-1-5-16-12/h1-6H,7H2. The molecule has 3 aromatic rings. The molecule has 6 heteroatoms. The van der Waals surface area contributed by atoms with E-state index in [9.17, 15) is 4.79 Å². The van der Waals surface area contributed by atoms with E-state index in [1.54, 1.807) is 36.5 Å². The van der Waals surface area contributed by atoms with Crippen molar-refractivity contribution in [1.82, 2.24) is 9.55 Å². The Morgan fingerprint density at radius 1 is 1.26 bits per heavy atom. The van der Waals surface area contributed by atoms with Gasteiger partial charge in [0.25, 0.3) is 0 Å². The SMILES string of the molecule is O=c1oc2cccnc2n1Cc1cc(Cl)ccc1Cl. The Morgan fingerprint density at radius 3 is 2.95 bits per heavy atom. The van der Waals surface area contributed by atoms with Gasteiger partial charge in [-0.25, -0.2) is 9.78 Å². The molecular formula is C13H8Cl2N2O2. The fraction of sp³-hybridized carbons (Fsp3) is 0.0769. The summed E-state index contributed by atoms with van der Waals surface area (Å²) in [5.41, 5.74) is 1.68. The lowest BCUT2D eigenvalue weighted by Crippen LogP contribution is -2.15. The van der Waals surface area contributed by atoms with Crippen LogP contribution in [0.15, 0.2) is 45.7 Å². The maximum Gasteiger partial charge on any atom is 0.421 e. The minimum absolute atomic E-state index is 0.266. The molecule has 0 spiro atoms. The third-order valence-corrected chi connectivity index (χ3v) is 3.36. The van der Waals surface area contributed by atoms with E-state index in [2.05, 4.69) is 4.98 Å². The van der Waals surface area contributed by atoms with Gasteiger partial charge in [0.1, 0.15) is 0 Å². The van der Waals surface area contributed by atoms with Crippen LogP contribution in [0.5, 0.6) is 0 Å². The van der Waals surface area contributed by atoms with Crippen LogP contribution in [0.1, 0.15) is 5.56 Å². The van der Waals surface area contributed by atoms with Crippen LogP contribution >= 0.6 is 23.2 Å². The second-order valence-corrected chi connectivity index (χ2v) is 4.86. The molecule has 0 amide bonds. The maximum absolute atomic E-state index is 11.8. The summed E-state index contributed by atoms with van der Waals surface area (Å²) in [5, 5.41) is 1.11. The first kappa shape index (κ1) is 12.3. The molecule has 2 heterocycles. The zero-order valence-electron chi connectivity index (χ0n) is 9.64. The molecule has 0 aliphatic heterocycles. The summed E-state index contributed by atoms with van der Waals surface area (Å²) in [6.07, 6.45) is 1.60. The molecule has 0 atom stereocenters. The lowest BCUT2D eigenvalue weighted by Gasteiger charge is -2.05. The highest BCUT2D eigenvalue weighted by molar-refractivity contribution is 6.33. The van der Waals surface area contributed by atoms with Crippen LogP contribution in [0.25, 0.3) is 11.2 Å². The quantitative estimate of drug-likeness (QED) is 0.728. The molecule has 0 aliphatic carbocycles. The molecule has 0 unspecified atom stereocenters. The van der Waals surface area contributed by atoms with Crippen molar-refractivity contribution in [2.24, 2.45) is 0 Å². The Kier molecular flexibility index (Phi) is 3.05. The minimum atomic E-state index is -0.468. The number of aromatic nitrogens is 2. The molecule has 0 fully saturated rings. The van der Waals surface area contributed by atoms with Crippen molar-refractivity contribution < 1.29 is 4.42 Å². The number of pyridine rings is 1. The summed E-state index contributed by atoms with van der Waals surface area (Å²) < 4.78 is 6.53. The number of nitrogens with zero attached hydrogens (tertiary/aromatic N) is 2. The molecule has 0 saturated heterocycles. The summed E-state index contributed by atoms with van der Waals surface area (Å²) in [6.45, 7) is 0.266. The van der Waals surface area contributed by atoms with E-state index in [0.29, 0.717) is 21.3 Å². The van der Waals surface area contributed by atoms with Gasteiger partial charge in [-0.15, -0.1) is 0 Å². The summed E-state index contributed by atoms with van der Waals surface area (Å²) in [7, 11) is 0. The first-order chi connectivity index (χ1) is 9.15. The van der Waals surface area contributed by atoms with Crippen LogP contribution < -0.4 is 5.76 Å². The van der Waals surface area contributed by atoms with E-state index in [-0.39, 0.29) is 6.54 Å². The fourth-order valence-electron chi connectivity index (χ4n) is 1.87. The topological polar surface area (TPSA) is 48.0 Å². The monoisotopic (exact) mass is 294 g/mol. The van der Waals surface area contributed by atoms with Gasteiger partial charge in [-0.1, -0.05) is 23.2 Å². The Morgan fingerprint density at radius 2 is 2.11 bits per heavy atom. The van der Waals surface area contributed by atoms with E-state index in [1.165, 1.54) is 4.57 Å². The highest BCUT2D eigenvalue weighted by atomic mass is 35.5. The van der Waals surface area contributed by atoms with E-state index in [1.807, 2.05) is 0 Å². The highest BCUT2D eigenvalue weighted by Gasteiger charge is 2.12. The first-order valence-electron chi connectivity index (χ1n) is 5.53. The van der Waals surface area contributed by atoms with Gasteiger partial charge in [-0.05, 0) is 35.9 Å². The van der Waals surface area contributed by atoms with Crippen LogP contribution in [0.2, 0.25) is 10.0 Å². The third kappa shape index (κ3) is 2.25. The molecule has 1 aromatic carbocycles. The van der Waals surface area contributed by atoms with Crippen LogP contribution in [-0.2, 0) is 6.54 Å². The summed E-state index contributed by atoms with van der Waals surface area (Å²) in [6, 6.07) is 8.52. The van der Waals surface area contributed by atoms with Crippen molar-refractivity contribution in [2.45, 2.75) is 6.54 Å². The van der Waals surface area contributed by atoms with Crippen LogP contribution in [0.3, 0.4) is 0 Å². The van der Waals surface area contributed by atoms with Gasteiger partial charge < -0.3 is 4.42 Å². The molecule has 4 nitrogen and oxygen atoms in total. The van der Waals surface area contributed by atoms with Crippen molar-refractivity contribution in [1.29, 1.82) is 0 Å². The van der Waals surface area contributed by atoms with Crippen LogP contribution in [-0.4, -0.2) is 9.55 Å². The van der Waals surface area contributed by atoms with Gasteiger partial charge in [0, 0.05) is 16.2 Å². The molecule has 0 bridgehead atoms. The molecule has 0 aliphatic rings. The lowest BCUT2D eigenvalue weighted by atomic mass is 10.2. The predicted octanol–water partition coefficient (Wildman–Crippen LogP) is 3.34. The lowest BCUT2D eigenvalue weighted by molar-refractivity contribution is 0.517.